The van der Waals surface area contributed by atoms with E-state index in [-0.39, 0.29) is 17.6 Å². The van der Waals surface area contributed by atoms with Crippen LogP contribution in [0.5, 0.6) is 0 Å². The van der Waals surface area contributed by atoms with Gasteiger partial charge in [-0.3, -0.25) is 4.79 Å². The van der Waals surface area contributed by atoms with E-state index in [1.807, 2.05) is 0 Å². The molecule has 1 amide bonds. The molecule has 0 aliphatic carbocycles. The van der Waals surface area contributed by atoms with E-state index in [4.69, 9.17) is 9.84 Å². The maximum absolute atomic E-state index is 11.8. The van der Waals surface area contributed by atoms with Crippen LogP contribution in [0.25, 0.3) is 0 Å². The number of amides is 1. The first-order chi connectivity index (χ1) is 8.66. The van der Waals surface area contributed by atoms with Gasteiger partial charge in [-0.1, -0.05) is 6.07 Å². The molecule has 0 bridgehead atoms. The highest BCUT2D eigenvalue weighted by atomic mass is 16.5. The number of carbonyl (C=O) groups excluding carboxylic acids is 1. The minimum atomic E-state index is -1.04. The summed E-state index contributed by atoms with van der Waals surface area (Å²) < 4.78 is 5.39. The molecule has 96 valence electrons. The lowest BCUT2D eigenvalue weighted by Gasteiger charge is -2.10. The number of carboxylic acids is 1. The number of benzene rings is 1. The average molecular weight is 249 g/mol. The summed E-state index contributed by atoms with van der Waals surface area (Å²) in [6.07, 6.45) is 2.06. The number of hydrogen-bond acceptors (Lipinski definition) is 3. The van der Waals surface area contributed by atoms with Crippen LogP contribution in [0, 0.1) is 0 Å². The van der Waals surface area contributed by atoms with Crippen LogP contribution in [0.3, 0.4) is 0 Å². The molecule has 1 aliphatic heterocycles. The van der Waals surface area contributed by atoms with E-state index in [9.17, 15) is 9.59 Å². The first kappa shape index (κ1) is 12.6. The minimum absolute atomic E-state index is 0.0802. The van der Waals surface area contributed by atoms with E-state index in [1.165, 1.54) is 12.1 Å². The van der Waals surface area contributed by atoms with Crippen LogP contribution < -0.4 is 5.32 Å². The Morgan fingerprint density at radius 1 is 1.39 bits per heavy atom. The van der Waals surface area contributed by atoms with Crippen LogP contribution in [0.4, 0.5) is 0 Å². The summed E-state index contributed by atoms with van der Waals surface area (Å²) in [6, 6.07) is 5.98. The molecule has 0 radical (unpaired) electrons. The third kappa shape index (κ3) is 3.07. The van der Waals surface area contributed by atoms with Gasteiger partial charge >= 0.3 is 5.97 Å². The van der Waals surface area contributed by atoms with Gasteiger partial charge in [-0.15, -0.1) is 0 Å². The van der Waals surface area contributed by atoms with E-state index in [0.717, 1.165) is 19.4 Å². The van der Waals surface area contributed by atoms with Gasteiger partial charge in [0.1, 0.15) is 0 Å². The molecule has 1 fully saturated rings. The second-order valence-corrected chi connectivity index (χ2v) is 4.23. The summed E-state index contributed by atoms with van der Waals surface area (Å²) in [6.45, 7) is 1.21. The molecule has 18 heavy (non-hydrogen) atoms. The number of ether oxygens (including phenoxy) is 1. The second-order valence-electron chi connectivity index (χ2n) is 4.23. The normalized spacial score (nSPS) is 18.6. The molecule has 5 heteroatoms. The Kier molecular flexibility index (Phi) is 3.94. The maximum atomic E-state index is 11.8. The highest BCUT2D eigenvalue weighted by Crippen LogP contribution is 2.11. The molecule has 1 aromatic rings. The fraction of sp³-hybridized carbons (Fsp3) is 0.385. The van der Waals surface area contributed by atoms with Gasteiger partial charge in [0.05, 0.1) is 11.7 Å². The van der Waals surface area contributed by atoms with Crippen molar-refractivity contribution >= 4 is 11.9 Å². The third-order valence-corrected chi connectivity index (χ3v) is 2.89. The van der Waals surface area contributed by atoms with E-state index in [2.05, 4.69) is 5.32 Å². The maximum Gasteiger partial charge on any atom is 0.335 e. The average Bonchev–Trinajstić information content (AvgIpc) is 2.89. The van der Waals surface area contributed by atoms with Crippen LogP contribution in [0.1, 0.15) is 33.6 Å². The molecule has 2 N–H and O–H groups in total. The fourth-order valence-electron chi connectivity index (χ4n) is 1.91. The van der Waals surface area contributed by atoms with Gasteiger partial charge in [0.25, 0.3) is 5.91 Å². The summed E-state index contributed by atoms with van der Waals surface area (Å²) in [7, 11) is 0. The molecule has 1 atom stereocenters. The largest absolute Gasteiger partial charge is 0.478 e. The molecule has 2 rings (SSSR count). The number of carboxylic acid groups (broad SMARTS) is 1. The van der Waals surface area contributed by atoms with Crippen molar-refractivity contribution in [3.05, 3.63) is 35.4 Å². The number of aromatic carboxylic acids is 1. The zero-order chi connectivity index (χ0) is 13.0. The highest BCUT2D eigenvalue weighted by molar-refractivity contribution is 5.97. The lowest BCUT2D eigenvalue weighted by molar-refractivity contribution is 0.0697. The van der Waals surface area contributed by atoms with Crippen molar-refractivity contribution < 1.29 is 19.4 Å². The molecule has 0 unspecified atom stereocenters. The van der Waals surface area contributed by atoms with Crippen molar-refractivity contribution in [3.8, 4) is 0 Å². The van der Waals surface area contributed by atoms with E-state index in [0.29, 0.717) is 12.1 Å². The van der Waals surface area contributed by atoms with Gasteiger partial charge in [-0.2, -0.15) is 0 Å². The second kappa shape index (κ2) is 5.64. The van der Waals surface area contributed by atoms with E-state index >= 15 is 0 Å². The van der Waals surface area contributed by atoms with Gasteiger partial charge in [0.2, 0.25) is 0 Å². The molecule has 1 saturated heterocycles. The monoisotopic (exact) mass is 249 g/mol. The Morgan fingerprint density at radius 2 is 2.17 bits per heavy atom. The van der Waals surface area contributed by atoms with Crippen molar-refractivity contribution in [2.24, 2.45) is 0 Å². The Balaban J connectivity index is 1.95. The Labute approximate surface area is 105 Å². The molecule has 0 saturated carbocycles. The van der Waals surface area contributed by atoms with Crippen LogP contribution in [-0.2, 0) is 4.74 Å². The van der Waals surface area contributed by atoms with E-state index < -0.39 is 5.97 Å². The van der Waals surface area contributed by atoms with Crippen molar-refractivity contribution in [1.29, 1.82) is 0 Å². The smallest absolute Gasteiger partial charge is 0.335 e. The zero-order valence-corrected chi connectivity index (χ0v) is 9.89. The first-order valence-corrected chi connectivity index (χ1v) is 5.90. The molecule has 0 spiro atoms. The Morgan fingerprint density at radius 3 is 2.83 bits per heavy atom. The van der Waals surface area contributed by atoms with Crippen LogP contribution in [0.2, 0.25) is 0 Å². The third-order valence-electron chi connectivity index (χ3n) is 2.89. The lowest BCUT2D eigenvalue weighted by atomic mass is 10.1. The summed E-state index contributed by atoms with van der Waals surface area (Å²) in [5.41, 5.74) is 0.465. The number of rotatable bonds is 4. The SMILES string of the molecule is O=C(O)c1cccc(C(=O)NC[C@@H]2CCCO2)c1. The minimum Gasteiger partial charge on any atom is -0.478 e. The van der Waals surface area contributed by atoms with Crippen molar-refractivity contribution in [1.82, 2.24) is 5.32 Å². The standard InChI is InChI=1S/C13H15NO4/c15-12(14-8-11-5-2-6-18-11)9-3-1-4-10(7-9)13(16)17/h1,3-4,7,11H,2,5-6,8H2,(H,14,15)(H,16,17)/t11-/m0/s1. The van der Waals surface area contributed by atoms with Crippen LogP contribution in [0.15, 0.2) is 24.3 Å². The summed E-state index contributed by atoms with van der Waals surface area (Å²) in [4.78, 5) is 22.6. The van der Waals surface area contributed by atoms with Gasteiger partial charge in [-0.25, -0.2) is 4.79 Å². The molecule has 1 heterocycles. The van der Waals surface area contributed by atoms with Gasteiger partial charge in [0.15, 0.2) is 0 Å². The first-order valence-electron chi connectivity index (χ1n) is 5.90. The predicted molar refractivity (Wildman–Crippen MR) is 64.7 cm³/mol. The summed E-state index contributed by atoms with van der Waals surface area (Å²) in [5, 5.41) is 11.6. The molecule has 1 aliphatic rings. The highest BCUT2D eigenvalue weighted by Gasteiger charge is 2.17. The predicted octanol–water partition coefficient (Wildman–Crippen LogP) is 1.29. The van der Waals surface area contributed by atoms with Crippen LogP contribution in [-0.4, -0.2) is 36.2 Å². The molecule has 0 aromatic heterocycles. The van der Waals surface area contributed by atoms with Crippen molar-refractivity contribution in [3.63, 3.8) is 0 Å². The van der Waals surface area contributed by atoms with E-state index in [1.54, 1.807) is 12.1 Å². The van der Waals surface area contributed by atoms with Gasteiger partial charge in [0, 0.05) is 18.7 Å². The Bertz CT molecular complexity index is 452. The van der Waals surface area contributed by atoms with Gasteiger partial charge in [-0.05, 0) is 31.0 Å². The number of hydrogen-bond donors (Lipinski definition) is 2. The van der Waals surface area contributed by atoms with Crippen LogP contribution >= 0.6 is 0 Å². The van der Waals surface area contributed by atoms with Gasteiger partial charge < -0.3 is 15.2 Å². The molecular weight excluding hydrogens is 234 g/mol. The van der Waals surface area contributed by atoms with Crippen molar-refractivity contribution in [2.45, 2.75) is 18.9 Å². The number of nitrogens with one attached hydrogen (secondary N) is 1. The topological polar surface area (TPSA) is 75.6 Å². The zero-order valence-electron chi connectivity index (χ0n) is 9.89. The van der Waals surface area contributed by atoms with Crippen molar-refractivity contribution in [2.75, 3.05) is 13.2 Å². The fourth-order valence-corrected chi connectivity index (χ4v) is 1.91. The molecular formula is C13H15NO4. The molecule has 5 nitrogen and oxygen atoms in total. The Hall–Kier alpha value is -1.88. The number of carbonyl (C=O) groups is 2. The quantitative estimate of drug-likeness (QED) is 0.843. The summed E-state index contributed by atoms with van der Waals surface area (Å²) >= 11 is 0. The molecule has 1 aromatic carbocycles. The summed E-state index contributed by atoms with van der Waals surface area (Å²) in [5.74, 6) is -1.31. The lowest BCUT2D eigenvalue weighted by Crippen LogP contribution is -2.31.